The smallest absolute Gasteiger partial charge is 0.259 e. The van der Waals surface area contributed by atoms with Crippen LogP contribution in [0.15, 0.2) is 51.9 Å². The van der Waals surface area contributed by atoms with Gasteiger partial charge in [0.2, 0.25) is 0 Å². The summed E-state index contributed by atoms with van der Waals surface area (Å²) in [6, 6.07) is 9.48. The Morgan fingerprint density at radius 3 is 2.60 bits per heavy atom. The average molecular weight is 484 g/mol. The lowest BCUT2D eigenvalue weighted by Crippen LogP contribution is -2.34. The zero-order chi connectivity index (χ0) is 25.1. The molecule has 4 rings (SSSR count). The number of nitrogens with zero attached hydrogens (tertiary/aromatic N) is 3. The maximum Gasteiger partial charge on any atom is 0.259 e. The lowest BCUT2D eigenvalue weighted by Gasteiger charge is -2.26. The molecule has 1 atom stereocenters. The van der Waals surface area contributed by atoms with Gasteiger partial charge in [-0.2, -0.15) is 0 Å². The highest BCUT2D eigenvalue weighted by molar-refractivity contribution is 5.98. The fourth-order valence-electron chi connectivity index (χ4n) is 4.48. The number of methoxy groups -OCH3 is 2. The Bertz CT molecular complexity index is 1250. The average Bonchev–Trinajstić information content (AvgIpc) is 3.32. The number of fused-ring (bicyclic) bond motifs is 1. The molecule has 186 valence electrons. The third-order valence-electron chi connectivity index (χ3n) is 6.60. The molecule has 0 radical (unpaired) electrons. The van der Waals surface area contributed by atoms with E-state index in [0.29, 0.717) is 49.6 Å². The van der Waals surface area contributed by atoms with Gasteiger partial charge in [-0.15, -0.1) is 0 Å². The number of aromatic nitrogens is 1. The van der Waals surface area contributed by atoms with Crippen LogP contribution in [0.1, 0.15) is 40.3 Å². The third kappa shape index (κ3) is 4.95. The van der Waals surface area contributed by atoms with Gasteiger partial charge in [0.1, 0.15) is 17.1 Å². The lowest BCUT2D eigenvalue weighted by molar-refractivity contribution is 0.0720. The van der Waals surface area contributed by atoms with Crippen molar-refractivity contribution in [3.8, 4) is 11.5 Å². The van der Waals surface area contributed by atoms with Gasteiger partial charge in [0, 0.05) is 51.4 Å². The summed E-state index contributed by atoms with van der Waals surface area (Å²) in [4.78, 5) is 30.3. The van der Waals surface area contributed by atoms with Gasteiger partial charge >= 0.3 is 0 Å². The Balaban J connectivity index is 1.62. The van der Waals surface area contributed by atoms with Gasteiger partial charge in [0.25, 0.3) is 11.5 Å². The molecule has 8 nitrogen and oxygen atoms in total. The Morgan fingerprint density at radius 2 is 1.91 bits per heavy atom. The molecule has 0 aliphatic carbocycles. The van der Waals surface area contributed by atoms with Crippen molar-refractivity contribution in [2.24, 2.45) is 0 Å². The second-order valence-electron chi connectivity index (χ2n) is 8.63. The van der Waals surface area contributed by atoms with Crippen LogP contribution in [-0.2, 0) is 19.5 Å². The van der Waals surface area contributed by atoms with E-state index in [4.69, 9.17) is 13.9 Å². The van der Waals surface area contributed by atoms with Crippen LogP contribution in [0.5, 0.6) is 11.5 Å². The first-order chi connectivity index (χ1) is 16.8. The maximum atomic E-state index is 13.8. The largest absolute Gasteiger partial charge is 0.496 e. The molecule has 0 N–H and O–H groups in total. The monoisotopic (exact) mass is 483 g/mol. The lowest BCUT2D eigenvalue weighted by atomic mass is 10.1. The molecule has 1 aliphatic heterocycles. The van der Waals surface area contributed by atoms with Crippen molar-refractivity contribution in [2.45, 2.75) is 32.5 Å². The third-order valence-corrected chi connectivity index (χ3v) is 6.60. The number of carbonyl (C=O) groups is 1. The second kappa shape index (κ2) is 10.4. The number of furan rings is 1. The van der Waals surface area contributed by atoms with E-state index in [0.717, 1.165) is 5.56 Å². The van der Waals surface area contributed by atoms with E-state index in [1.807, 2.05) is 13.0 Å². The van der Waals surface area contributed by atoms with Crippen molar-refractivity contribution in [1.29, 1.82) is 0 Å². The van der Waals surface area contributed by atoms with Crippen LogP contribution in [0.25, 0.3) is 0 Å². The van der Waals surface area contributed by atoms with Gasteiger partial charge < -0.3 is 23.4 Å². The number of ether oxygens (including phenoxy) is 2. The fourth-order valence-corrected chi connectivity index (χ4v) is 4.48. The molecule has 0 spiro atoms. The molecule has 1 aliphatic rings. The van der Waals surface area contributed by atoms with Crippen molar-refractivity contribution in [3.63, 3.8) is 0 Å². The van der Waals surface area contributed by atoms with E-state index in [-0.39, 0.29) is 29.0 Å². The molecule has 0 saturated heterocycles. The molecule has 1 unspecified atom stereocenters. The minimum Gasteiger partial charge on any atom is -0.496 e. The predicted octanol–water partition coefficient (Wildman–Crippen LogP) is 3.49. The topological polar surface area (TPSA) is 77.2 Å². The molecular formula is C26H30FN3O5. The van der Waals surface area contributed by atoms with Crippen molar-refractivity contribution in [2.75, 3.05) is 34.4 Å². The summed E-state index contributed by atoms with van der Waals surface area (Å²) in [5, 5.41) is 0. The molecule has 9 heteroatoms. The molecule has 3 heterocycles. The molecular weight excluding hydrogens is 453 g/mol. The molecule has 0 bridgehead atoms. The predicted molar refractivity (Wildman–Crippen MR) is 128 cm³/mol. The highest BCUT2D eigenvalue weighted by Gasteiger charge is 2.29. The number of rotatable bonds is 7. The molecule has 0 saturated carbocycles. The molecule has 2 aromatic heterocycles. The summed E-state index contributed by atoms with van der Waals surface area (Å²) in [5.41, 5.74) is 1.73. The fraction of sp³-hybridized carbons (Fsp3) is 0.385. The number of halogens is 1. The quantitative estimate of drug-likeness (QED) is 0.512. The van der Waals surface area contributed by atoms with Crippen LogP contribution >= 0.6 is 0 Å². The summed E-state index contributed by atoms with van der Waals surface area (Å²) in [7, 11) is 4.61. The normalized spacial score (nSPS) is 14.7. The number of amides is 1. The van der Waals surface area contributed by atoms with Gasteiger partial charge in [-0.25, -0.2) is 4.39 Å². The van der Waals surface area contributed by atoms with Gasteiger partial charge in [-0.1, -0.05) is 6.07 Å². The maximum absolute atomic E-state index is 13.8. The van der Waals surface area contributed by atoms with Gasteiger partial charge in [0.15, 0.2) is 11.6 Å². The summed E-state index contributed by atoms with van der Waals surface area (Å²) in [6.07, 6.45) is 2.05. The zero-order valence-electron chi connectivity index (χ0n) is 20.4. The molecule has 35 heavy (non-hydrogen) atoms. The van der Waals surface area contributed by atoms with Crippen molar-refractivity contribution in [3.05, 3.63) is 81.4 Å². The summed E-state index contributed by atoms with van der Waals surface area (Å²) in [5.74, 6) is 0.477. The molecule has 0 fully saturated rings. The van der Waals surface area contributed by atoms with Crippen LogP contribution in [0.3, 0.4) is 0 Å². The highest BCUT2D eigenvalue weighted by atomic mass is 19.1. The minimum atomic E-state index is -0.408. The first-order valence-electron chi connectivity index (χ1n) is 11.5. The van der Waals surface area contributed by atoms with Crippen LogP contribution < -0.4 is 15.0 Å². The van der Waals surface area contributed by atoms with Crippen LogP contribution in [-0.4, -0.2) is 54.6 Å². The number of hydrogen-bond donors (Lipinski definition) is 0. The first kappa shape index (κ1) is 24.5. The van der Waals surface area contributed by atoms with Crippen LogP contribution in [0, 0.1) is 5.82 Å². The van der Waals surface area contributed by atoms with Crippen molar-refractivity contribution < 1.29 is 23.1 Å². The van der Waals surface area contributed by atoms with Gasteiger partial charge in [0.05, 0.1) is 26.5 Å². The van der Waals surface area contributed by atoms with E-state index in [1.165, 1.54) is 26.4 Å². The Labute approximate surface area is 203 Å². The first-order valence-corrected chi connectivity index (χ1v) is 11.5. The zero-order valence-corrected chi connectivity index (χ0v) is 20.4. The summed E-state index contributed by atoms with van der Waals surface area (Å²) < 4.78 is 31.5. The Hall–Kier alpha value is -3.59. The highest BCUT2D eigenvalue weighted by Crippen LogP contribution is 2.28. The SMILES string of the molecule is COc1cc(CN2CCc3c(C(=O)N(C)C(C)c4ccco4)c(OC)cc(=O)n3CC2)ccc1F. The second-order valence-corrected chi connectivity index (χ2v) is 8.63. The van der Waals surface area contributed by atoms with Crippen LogP contribution in [0.4, 0.5) is 4.39 Å². The van der Waals surface area contributed by atoms with Gasteiger partial charge in [-0.05, 0) is 36.8 Å². The summed E-state index contributed by atoms with van der Waals surface area (Å²) in [6.45, 7) is 4.09. The number of benzene rings is 1. The van der Waals surface area contributed by atoms with Crippen LogP contribution in [0.2, 0.25) is 0 Å². The summed E-state index contributed by atoms with van der Waals surface area (Å²) >= 11 is 0. The standard InChI is InChI=1S/C26H30FN3O5/c1-17(21-6-5-13-35-21)28(2)26(32)25-20-9-10-29(11-12-30(20)24(31)15-23(25)34-4)16-18-7-8-19(27)22(14-18)33-3/h5-8,13-15,17H,9-12,16H2,1-4H3. The molecule has 1 amide bonds. The molecule has 1 aromatic carbocycles. The van der Waals surface area contributed by atoms with Gasteiger partial charge in [-0.3, -0.25) is 14.5 Å². The minimum absolute atomic E-state index is 0.197. The van der Waals surface area contributed by atoms with E-state index in [1.54, 1.807) is 41.0 Å². The van der Waals surface area contributed by atoms with Crippen molar-refractivity contribution >= 4 is 5.91 Å². The molecule has 3 aromatic rings. The number of carbonyl (C=O) groups excluding carboxylic acids is 1. The number of hydrogen-bond acceptors (Lipinski definition) is 6. The van der Waals surface area contributed by atoms with E-state index in [9.17, 15) is 14.0 Å². The van der Waals surface area contributed by atoms with E-state index in [2.05, 4.69) is 4.90 Å². The van der Waals surface area contributed by atoms with E-state index < -0.39 is 5.82 Å². The van der Waals surface area contributed by atoms with E-state index >= 15 is 0 Å². The Morgan fingerprint density at radius 1 is 1.14 bits per heavy atom. The van der Waals surface area contributed by atoms with Crippen molar-refractivity contribution in [1.82, 2.24) is 14.4 Å². The Kier molecular flexibility index (Phi) is 7.25. The number of pyridine rings is 1.